The summed E-state index contributed by atoms with van der Waals surface area (Å²) in [6, 6.07) is 9.05. The number of piperidine rings is 1. The summed E-state index contributed by atoms with van der Waals surface area (Å²) in [5.74, 6) is -1.37. The van der Waals surface area contributed by atoms with Gasteiger partial charge >= 0.3 is 5.97 Å². The van der Waals surface area contributed by atoms with E-state index in [1.165, 1.54) is 24.3 Å². The number of sulfonamides is 1. The van der Waals surface area contributed by atoms with E-state index in [9.17, 15) is 22.7 Å². The summed E-state index contributed by atoms with van der Waals surface area (Å²) >= 11 is 0. The number of hydrogen-bond acceptors (Lipinski definition) is 4. The number of carboxylic acid groups (broad SMARTS) is 1. The van der Waals surface area contributed by atoms with Crippen LogP contribution in [0, 0.1) is 11.7 Å². The molecule has 1 aliphatic heterocycles. The minimum atomic E-state index is -4.06. The molecule has 144 valence electrons. The highest BCUT2D eigenvalue weighted by Gasteiger charge is 2.23. The number of carboxylic acids is 1. The highest BCUT2D eigenvalue weighted by Crippen LogP contribution is 2.32. The average Bonchev–Trinajstić information content (AvgIpc) is 2.61. The Kier molecular flexibility index (Phi) is 5.36. The summed E-state index contributed by atoms with van der Waals surface area (Å²) in [6.45, 7) is 3.63. The monoisotopic (exact) mass is 392 g/mol. The van der Waals surface area contributed by atoms with Crippen LogP contribution in [-0.4, -0.2) is 32.6 Å². The van der Waals surface area contributed by atoms with Gasteiger partial charge in [-0.15, -0.1) is 0 Å². The molecule has 0 spiro atoms. The zero-order valence-electron chi connectivity index (χ0n) is 14.9. The quantitative estimate of drug-likeness (QED) is 0.812. The van der Waals surface area contributed by atoms with Crippen LogP contribution in [0.2, 0.25) is 0 Å². The number of anilines is 2. The first-order valence-electron chi connectivity index (χ1n) is 8.67. The second-order valence-electron chi connectivity index (χ2n) is 6.79. The topological polar surface area (TPSA) is 86.7 Å². The fourth-order valence-electron chi connectivity index (χ4n) is 3.27. The molecular weight excluding hydrogens is 371 g/mol. The first-order valence-corrected chi connectivity index (χ1v) is 10.2. The maximum atomic E-state index is 13.4. The molecule has 0 radical (unpaired) electrons. The minimum Gasteiger partial charge on any atom is -0.478 e. The maximum absolute atomic E-state index is 13.4. The third kappa shape index (κ3) is 4.39. The van der Waals surface area contributed by atoms with E-state index < -0.39 is 21.8 Å². The summed E-state index contributed by atoms with van der Waals surface area (Å²) in [5, 5.41) is 9.26. The first-order chi connectivity index (χ1) is 12.8. The summed E-state index contributed by atoms with van der Waals surface area (Å²) in [4.78, 5) is 13.2. The van der Waals surface area contributed by atoms with E-state index in [1.54, 1.807) is 6.07 Å². The number of hydrogen-bond donors (Lipinski definition) is 2. The molecule has 8 heteroatoms. The highest BCUT2D eigenvalue weighted by molar-refractivity contribution is 7.92. The highest BCUT2D eigenvalue weighted by atomic mass is 32.2. The van der Waals surface area contributed by atoms with Crippen LogP contribution in [0.15, 0.2) is 47.4 Å². The van der Waals surface area contributed by atoms with E-state index in [2.05, 4.69) is 11.6 Å². The van der Waals surface area contributed by atoms with Gasteiger partial charge in [-0.2, -0.15) is 0 Å². The van der Waals surface area contributed by atoms with Crippen molar-refractivity contribution in [3.05, 3.63) is 53.8 Å². The molecule has 1 heterocycles. The summed E-state index contributed by atoms with van der Waals surface area (Å²) in [6.07, 6.45) is 2.06. The van der Waals surface area contributed by atoms with Gasteiger partial charge in [0.15, 0.2) is 0 Å². The number of carbonyl (C=O) groups is 1. The summed E-state index contributed by atoms with van der Waals surface area (Å²) in [5.41, 5.74) is 0.764. The Morgan fingerprint density at radius 3 is 2.70 bits per heavy atom. The van der Waals surface area contributed by atoms with Crippen molar-refractivity contribution in [2.45, 2.75) is 24.7 Å². The molecule has 0 unspecified atom stereocenters. The minimum absolute atomic E-state index is 0.0271. The van der Waals surface area contributed by atoms with Crippen molar-refractivity contribution in [3.8, 4) is 0 Å². The van der Waals surface area contributed by atoms with E-state index >= 15 is 0 Å². The summed E-state index contributed by atoms with van der Waals surface area (Å²) < 4.78 is 41.3. The predicted molar refractivity (Wildman–Crippen MR) is 101 cm³/mol. The van der Waals surface area contributed by atoms with Crippen molar-refractivity contribution in [2.75, 3.05) is 22.7 Å². The average molecular weight is 392 g/mol. The molecule has 0 saturated carbocycles. The van der Waals surface area contributed by atoms with Crippen LogP contribution in [0.5, 0.6) is 0 Å². The van der Waals surface area contributed by atoms with Gasteiger partial charge in [-0.25, -0.2) is 17.6 Å². The van der Waals surface area contributed by atoms with Crippen molar-refractivity contribution < 1.29 is 22.7 Å². The van der Waals surface area contributed by atoms with E-state index in [4.69, 9.17) is 0 Å². The zero-order valence-corrected chi connectivity index (χ0v) is 15.7. The third-order valence-corrected chi connectivity index (χ3v) is 5.96. The third-order valence-electron chi connectivity index (χ3n) is 4.59. The molecule has 27 heavy (non-hydrogen) atoms. The van der Waals surface area contributed by atoms with E-state index in [0.717, 1.165) is 38.1 Å². The molecule has 3 rings (SSSR count). The number of rotatable bonds is 5. The molecule has 1 saturated heterocycles. The number of aromatic carboxylic acids is 1. The Bertz CT molecular complexity index is 962. The lowest BCUT2D eigenvalue weighted by molar-refractivity contribution is 0.0697. The first kappa shape index (κ1) is 19.2. The lowest BCUT2D eigenvalue weighted by atomic mass is 9.99. The second-order valence-corrected chi connectivity index (χ2v) is 8.48. The van der Waals surface area contributed by atoms with Gasteiger partial charge in [0.25, 0.3) is 10.0 Å². The van der Waals surface area contributed by atoms with Crippen LogP contribution in [-0.2, 0) is 10.0 Å². The number of nitrogens with zero attached hydrogens (tertiary/aromatic N) is 1. The molecule has 0 aliphatic carbocycles. The van der Waals surface area contributed by atoms with Gasteiger partial charge in [0.2, 0.25) is 0 Å². The van der Waals surface area contributed by atoms with Gasteiger partial charge in [-0.3, -0.25) is 4.72 Å². The van der Waals surface area contributed by atoms with Crippen molar-refractivity contribution in [3.63, 3.8) is 0 Å². The maximum Gasteiger partial charge on any atom is 0.335 e. The van der Waals surface area contributed by atoms with Gasteiger partial charge in [-0.05, 0) is 55.2 Å². The van der Waals surface area contributed by atoms with Gasteiger partial charge in [0.05, 0.1) is 21.8 Å². The van der Waals surface area contributed by atoms with Crippen molar-refractivity contribution >= 4 is 27.4 Å². The van der Waals surface area contributed by atoms with Crippen LogP contribution in [0.25, 0.3) is 0 Å². The Morgan fingerprint density at radius 2 is 2.04 bits per heavy atom. The Balaban J connectivity index is 2.01. The van der Waals surface area contributed by atoms with Crippen molar-refractivity contribution in [1.29, 1.82) is 0 Å². The summed E-state index contributed by atoms with van der Waals surface area (Å²) in [7, 11) is -4.06. The van der Waals surface area contributed by atoms with Crippen molar-refractivity contribution in [2.24, 2.45) is 5.92 Å². The number of halogens is 1. The fourth-order valence-corrected chi connectivity index (χ4v) is 4.37. The largest absolute Gasteiger partial charge is 0.478 e. The molecule has 6 nitrogen and oxygen atoms in total. The van der Waals surface area contributed by atoms with E-state index in [1.807, 2.05) is 4.90 Å². The second kappa shape index (κ2) is 7.56. The van der Waals surface area contributed by atoms with E-state index in [0.29, 0.717) is 11.6 Å². The molecule has 0 amide bonds. The van der Waals surface area contributed by atoms with Gasteiger partial charge < -0.3 is 10.0 Å². The Hall–Kier alpha value is -2.61. The van der Waals surface area contributed by atoms with Crippen LogP contribution < -0.4 is 9.62 Å². The molecule has 1 fully saturated rings. The van der Waals surface area contributed by atoms with Crippen LogP contribution in [0.4, 0.5) is 15.8 Å². The molecule has 1 atom stereocenters. The molecular formula is C19H21FN2O4S. The Labute approximate surface area is 157 Å². The fraction of sp³-hybridized carbons (Fsp3) is 0.316. The Morgan fingerprint density at radius 1 is 1.26 bits per heavy atom. The molecule has 0 aromatic heterocycles. The molecule has 1 aliphatic rings. The van der Waals surface area contributed by atoms with Gasteiger partial charge in [-0.1, -0.05) is 13.0 Å². The predicted octanol–water partition coefficient (Wildman–Crippen LogP) is 3.56. The SMILES string of the molecule is C[C@@H]1CCCN(c2ccc(C(=O)O)cc2NS(=O)(=O)c2cccc(F)c2)C1. The number of nitrogens with one attached hydrogen (secondary N) is 1. The lowest BCUT2D eigenvalue weighted by Gasteiger charge is -2.34. The van der Waals surface area contributed by atoms with Gasteiger partial charge in [0.1, 0.15) is 5.82 Å². The standard InChI is InChI=1S/C19H21FN2O4S/c1-13-4-3-9-22(12-13)18-8-7-14(19(23)24)10-17(18)21-27(25,26)16-6-2-5-15(20)11-16/h2,5-8,10-11,13,21H,3-4,9,12H2,1H3,(H,23,24)/t13-/m1/s1. The molecule has 2 N–H and O–H groups in total. The molecule has 2 aromatic rings. The van der Waals surface area contributed by atoms with Crippen molar-refractivity contribution in [1.82, 2.24) is 0 Å². The normalized spacial score (nSPS) is 17.6. The zero-order chi connectivity index (χ0) is 19.6. The van der Waals surface area contributed by atoms with Gasteiger partial charge in [0, 0.05) is 13.1 Å². The van der Waals surface area contributed by atoms with Crippen LogP contribution in [0.3, 0.4) is 0 Å². The smallest absolute Gasteiger partial charge is 0.335 e. The lowest BCUT2D eigenvalue weighted by Crippen LogP contribution is -2.35. The van der Waals surface area contributed by atoms with E-state index in [-0.39, 0.29) is 16.1 Å². The van der Waals surface area contributed by atoms with Crippen LogP contribution >= 0.6 is 0 Å². The van der Waals surface area contributed by atoms with Crippen LogP contribution in [0.1, 0.15) is 30.1 Å². The molecule has 2 aromatic carbocycles. The number of benzene rings is 2. The molecule has 0 bridgehead atoms.